The van der Waals surface area contributed by atoms with Crippen molar-refractivity contribution in [2.24, 2.45) is 5.92 Å². The van der Waals surface area contributed by atoms with Crippen molar-refractivity contribution in [3.05, 3.63) is 0 Å². The molecule has 2 fully saturated rings. The molecule has 0 aromatic carbocycles. The van der Waals surface area contributed by atoms with Gasteiger partial charge in [0.1, 0.15) is 6.17 Å². The zero-order valence-corrected chi connectivity index (χ0v) is 6.76. The van der Waals surface area contributed by atoms with E-state index in [-0.39, 0.29) is 12.1 Å². The van der Waals surface area contributed by atoms with Crippen molar-refractivity contribution in [2.75, 3.05) is 13.2 Å². The van der Waals surface area contributed by atoms with E-state index in [9.17, 15) is 13.9 Å². The van der Waals surface area contributed by atoms with Gasteiger partial charge in [-0.3, -0.25) is 4.39 Å². The Morgan fingerprint density at radius 1 is 1.50 bits per heavy atom. The summed E-state index contributed by atoms with van der Waals surface area (Å²) >= 11 is 0. The fourth-order valence-electron chi connectivity index (χ4n) is 2.05. The molecule has 1 saturated heterocycles. The van der Waals surface area contributed by atoms with Gasteiger partial charge in [0.15, 0.2) is 0 Å². The van der Waals surface area contributed by atoms with Gasteiger partial charge in [0.25, 0.3) is 0 Å². The first-order chi connectivity index (χ1) is 5.69. The van der Waals surface area contributed by atoms with Gasteiger partial charge in [-0.05, 0) is 12.8 Å². The van der Waals surface area contributed by atoms with E-state index in [1.807, 2.05) is 0 Å². The predicted molar refractivity (Wildman–Crippen MR) is 40.3 cm³/mol. The van der Waals surface area contributed by atoms with Gasteiger partial charge in [0, 0.05) is 18.0 Å². The van der Waals surface area contributed by atoms with E-state index >= 15 is 0 Å². The maximum Gasteiger partial charge on any atom is 0.139 e. The molecule has 2 aliphatic rings. The SMILES string of the molecule is O[C@@H]1[C@@H](CF)C2(CC2)NC[C@@H]1F. The summed E-state index contributed by atoms with van der Waals surface area (Å²) in [5, 5.41) is 12.3. The van der Waals surface area contributed by atoms with Crippen LogP contribution in [0, 0.1) is 5.92 Å². The fraction of sp³-hybridized carbons (Fsp3) is 1.00. The van der Waals surface area contributed by atoms with Crippen LogP contribution in [-0.2, 0) is 0 Å². The number of piperidine rings is 1. The van der Waals surface area contributed by atoms with E-state index in [2.05, 4.69) is 5.32 Å². The van der Waals surface area contributed by atoms with Crippen molar-refractivity contribution < 1.29 is 13.9 Å². The van der Waals surface area contributed by atoms with E-state index in [4.69, 9.17) is 0 Å². The van der Waals surface area contributed by atoms with Gasteiger partial charge >= 0.3 is 0 Å². The fourth-order valence-corrected chi connectivity index (χ4v) is 2.05. The molecule has 0 radical (unpaired) electrons. The van der Waals surface area contributed by atoms with Gasteiger partial charge < -0.3 is 10.4 Å². The highest BCUT2D eigenvalue weighted by Crippen LogP contribution is 2.46. The topological polar surface area (TPSA) is 32.3 Å². The molecule has 2 nitrogen and oxygen atoms in total. The molecule has 12 heavy (non-hydrogen) atoms. The summed E-state index contributed by atoms with van der Waals surface area (Å²) in [5.41, 5.74) is -0.267. The van der Waals surface area contributed by atoms with Crippen LogP contribution in [0.2, 0.25) is 0 Å². The Morgan fingerprint density at radius 3 is 2.67 bits per heavy atom. The molecular formula is C8H13F2NO. The molecule has 1 heterocycles. The average Bonchev–Trinajstić information content (AvgIpc) is 2.81. The van der Waals surface area contributed by atoms with Crippen molar-refractivity contribution in [3.8, 4) is 0 Å². The Bertz CT molecular complexity index is 184. The molecule has 70 valence electrons. The first-order valence-corrected chi connectivity index (χ1v) is 4.33. The molecule has 4 heteroatoms. The lowest BCUT2D eigenvalue weighted by Gasteiger charge is -2.37. The third-order valence-electron chi connectivity index (χ3n) is 3.10. The Kier molecular flexibility index (Phi) is 1.84. The highest BCUT2D eigenvalue weighted by atomic mass is 19.1. The van der Waals surface area contributed by atoms with E-state index in [1.165, 1.54) is 0 Å². The molecule has 0 aromatic heterocycles. The second-order valence-electron chi connectivity index (χ2n) is 3.80. The number of alkyl halides is 2. The second-order valence-corrected chi connectivity index (χ2v) is 3.80. The summed E-state index contributed by atoms with van der Waals surface area (Å²) in [6.07, 6.45) is -0.688. The summed E-state index contributed by atoms with van der Waals surface area (Å²) in [6.45, 7) is -0.466. The van der Waals surface area contributed by atoms with Crippen LogP contribution < -0.4 is 5.32 Å². The first-order valence-electron chi connectivity index (χ1n) is 4.33. The molecule has 0 amide bonds. The molecule has 1 spiro atoms. The number of aliphatic hydroxyl groups excluding tert-OH is 1. The average molecular weight is 177 g/mol. The van der Waals surface area contributed by atoms with Crippen molar-refractivity contribution in [2.45, 2.75) is 30.7 Å². The number of halogens is 2. The number of rotatable bonds is 1. The van der Waals surface area contributed by atoms with Gasteiger partial charge in [-0.2, -0.15) is 0 Å². The normalized spacial score (nSPS) is 44.8. The maximum absolute atomic E-state index is 12.9. The van der Waals surface area contributed by atoms with E-state index < -0.39 is 24.9 Å². The molecule has 2 rings (SSSR count). The minimum Gasteiger partial charge on any atom is -0.390 e. The largest absolute Gasteiger partial charge is 0.390 e. The highest BCUT2D eigenvalue weighted by Gasteiger charge is 2.56. The van der Waals surface area contributed by atoms with Gasteiger partial charge in [0.05, 0.1) is 12.8 Å². The zero-order valence-electron chi connectivity index (χ0n) is 6.76. The predicted octanol–water partition coefficient (Wildman–Crippen LogP) is 0.407. The Balaban J connectivity index is 2.11. The number of hydrogen-bond donors (Lipinski definition) is 2. The summed E-state index contributed by atoms with van der Waals surface area (Å²) in [5.74, 6) is -0.541. The molecule has 2 N–H and O–H groups in total. The molecular weight excluding hydrogens is 164 g/mol. The molecule has 1 aliphatic heterocycles. The summed E-state index contributed by atoms with van der Waals surface area (Å²) in [6, 6.07) is 0. The molecule has 0 bridgehead atoms. The monoisotopic (exact) mass is 177 g/mol. The maximum atomic E-state index is 12.9. The highest BCUT2D eigenvalue weighted by molar-refractivity contribution is 5.12. The minimum absolute atomic E-state index is 0.164. The molecule has 0 unspecified atom stereocenters. The van der Waals surface area contributed by atoms with Crippen LogP contribution in [0.15, 0.2) is 0 Å². The molecule has 0 aromatic rings. The Morgan fingerprint density at radius 2 is 2.17 bits per heavy atom. The Hall–Kier alpha value is -0.220. The number of aliphatic hydroxyl groups is 1. The lowest BCUT2D eigenvalue weighted by molar-refractivity contribution is -0.0280. The van der Waals surface area contributed by atoms with Crippen LogP contribution in [0.5, 0.6) is 0 Å². The lowest BCUT2D eigenvalue weighted by Crippen LogP contribution is -2.57. The van der Waals surface area contributed by atoms with Crippen LogP contribution in [0.1, 0.15) is 12.8 Å². The van der Waals surface area contributed by atoms with Gasteiger partial charge in [-0.1, -0.05) is 0 Å². The Labute approximate surface area is 70.0 Å². The van der Waals surface area contributed by atoms with E-state index in [0.717, 1.165) is 12.8 Å². The zero-order chi connectivity index (χ0) is 8.77. The minimum atomic E-state index is -1.31. The van der Waals surface area contributed by atoms with Crippen molar-refractivity contribution >= 4 is 0 Å². The lowest BCUT2D eigenvalue weighted by atomic mass is 9.86. The van der Waals surface area contributed by atoms with E-state index in [0.29, 0.717) is 0 Å². The summed E-state index contributed by atoms with van der Waals surface area (Å²) in [4.78, 5) is 0. The van der Waals surface area contributed by atoms with Crippen LogP contribution >= 0.6 is 0 Å². The van der Waals surface area contributed by atoms with Gasteiger partial charge in [0.2, 0.25) is 0 Å². The number of nitrogens with one attached hydrogen (secondary N) is 1. The van der Waals surface area contributed by atoms with Gasteiger partial charge in [-0.25, -0.2) is 4.39 Å². The van der Waals surface area contributed by atoms with Crippen molar-refractivity contribution in [3.63, 3.8) is 0 Å². The van der Waals surface area contributed by atoms with Crippen molar-refractivity contribution in [1.29, 1.82) is 0 Å². The van der Waals surface area contributed by atoms with E-state index in [1.54, 1.807) is 0 Å². The number of hydrogen-bond acceptors (Lipinski definition) is 2. The summed E-state index contributed by atoms with van der Waals surface area (Å²) < 4.78 is 25.4. The van der Waals surface area contributed by atoms with Crippen LogP contribution in [0.3, 0.4) is 0 Å². The van der Waals surface area contributed by atoms with Crippen LogP contribution in [-0.4, -0.2) is 36.1 Å². The standard InChI is InChI=1S/C8H13F2NO/c9-3-5-7(12)6(10)4-11-8(5)1-2-8/h5-7,11-12H,1-4H2/t5-,6+,7-/m1/s1. The molecule has 1 aliphatic carbocycles. The molecule has 3 atom stereocenters. The third-order valence-corrected chi connectivity index (χ3v) is 3.10. The third kappa shape index (κ3) is 1.05. The van der Waals surface area contributed by atoms with Gasteiger partial charge in [-0.15, -0.1) is 0 Å². The van der Waals surface area contributed by atoms with Crippen LogP contribution in [0.25, 0.3) is 0 Å². The summed E-state index contributed by atoms with van der Waals surface area (Å²) in [7, 11) is 0. The second kappa shape index (κ2) is 2.64. The first kappa shape index (κ1) is 8.38. The molecule has 1 saturated carbocycles. The smallest absolute Gasteiger partial charge is 0.139 e. The van der Waals surface area contributed by atoms with Crippen molar-refractivity contribution in [1.82, 2.24) is 5.32 Å². The quantitative estimate of drug-likeness (QED) is 0.608. The van der Waals surface area contributed by atoms with Crippen LogP contribution in [0.4, 0.5) is 8.78 Å².